The Balaban J connectivity index is 1.58. The summed E-state index contributed by atoms with van der Waals surface area (Å²) in [5, 5.41) is 10.7. The highest BCUT2D eigenvalue weighted by Gasteiger charge is 2.19. The zero-order valence-corrected chi connectivity index (χ0v) is 9.16. The van der Waals surface area contributed by atoms with E-state index < -0.39 is 0 Å². The molecule has 1 aliphatic carbocycles. The number of nitrogens with one attached hydrogen (secondary N) is 3. The summed E-state index contributed by atoms with van der Waals surface area (Å²) in [6.45, 7) is 0.946. The van der Waals surface area contributed by atoms with Gasteiger partial charge in [-0.2, -0.15) is 5.10 Å². The van der Waals surface area contributed by atoms with Gasteiger partial charge in [-0.25, -0.2) is 0 Å². The van der Waals surface area contributed by atoms with Crippen LogP contribution in [0.5, 0.6) is 0 Å². The number of hydrogen-bond acceptors (Lipinski definition) is 2. The Hall–Kier alpha value is -1.55. The third-order valence-electron chi connectivity index (χ3n) is 3.27. The molecule has 0 fully saturated rings. The highest BCUT2D eigenvalue weighted by Crippen LogP contribution is 2.18. The Labute approximate surface area is 94.5 Å². The van der Waals surface area contributed by atoms with Gasteiger partial charge < -0.3 is 10.3 Å². The number of fused-ring (bicyclic) bond motifs is 1. The quantitative estimate of drug-likeness (QED) is 0.726. The molecular weight excluding hydrogens is 200 g/mol. The lowest BCUT2D eigenvalue weighted by atomic mass is 9.93. The molecule has 4 nitrogen and oxygen atoms in total. The third kappa shape index (κ3) is 1.88. The van der Waals surface area contributed by atoms with Gasteiger partial charge in [0.15, 0.2) is 0 Å². The first-order chi connectivity index (χ1) is 7.92. The van der Waals surface area contributed by atoms with Crippen LogP contribution in [0.1, 0.15) is 23.2 Å². The second kappa shape index (κ2) is 4.14. The number of aromatic nitrogens is 3. The van der Waals surface area contributed by atoms with E-state index in [0.717, 1.165) is 19.4 Å². The van der Waals surface area contributed by atoms with E-state index in [2.05, 4.69) is 26.6 Å². The fourth-order valence-corrected chi connectivity index (χ4v) is 2.32. The summed E-state index contributed by atoms with van der Waals surface area (Å²) in [7, 11) is 0. The Morgan fingerprint density at radius 3 is 3.38 bits per heavy atom. The van der Waals surface area contributed by atoms with Crippen molar-refractivity contribution in [3.8, 4) is 0 Å². The van der Waals surface area contributed by atoms with Crippen LogP contribution in [0, 0.1) is 0 Å². The van der Waals surface area contributed by atoms with Crippen molar-refractivity contribution in [3.63, 3.8) is 0 Å². The van der Waals surface area contributed by atoms with E-state index in [9.17, 15) is 0 Å². The molecule has 0 aromatic carbocycles. The largest absolute Gasteiger partial charge is 0.367 e. The van der Waals surface area contributed by atoms with E-state index in [1.807, 2.05) is 18.6 Å². The minimum atomic E-state index is 0.583. The van der Waals surface area contributed by atoms with Crippen LogP contribution in [0.3, 0.4) is 0 Å². The smallest absolute Gasteiger partial charge is 0.0522 e. The van der Waals surface area contributed by atoms with Gasteiger partial charge in [0.2, 0.25) is 0 Å². The molecule has 0 saturated carbocycles. The van der Waals surface area contributed by atoms with Gasteiger partial charge >= 0.3 is 0 Å². The topological polar surface area (TPSA) is 56.5 Å². The Kier molecular flexibility index (Phi) is 2.50. The van der Waals surface area contributed by atoms with Gasteiger partial charge in [0.05, 0.1) is 6.20 Å². The lowest BCUT2D eigenvalue weighted by Gasteiger charge is -2.22. The van der Waals surface area contributed by atoms with E-state index in [-0.39, 0.29) is 0 Å². The maximum Gasteiger partial charge on any atom is 0.0522 e. The van der Waals surface area contributed by atoms with Gasteiger partial charge in [0, 0.05) is 30.7 Å². The second-order valence-electron chi connectivity index (χ2n) is 4.41. The lowest BCUT2D eigenvalue weighted by molar-refractivity contribution is 0.455. The van der Waals surface area contributed by atoms with Crippen LogP contribution in [-0.4, -0.2) is 21.2 Å². The normalized spacial score (nSPS) is 19.6. The van der Waals surface area contributed by atoms with Crippen LogP contribution in [-0.2, 0) is 19.4 Å². The third-order valence-corrected chi connectivity index (χ3v) is 3.27. The van der Waals surface area contributed by atoms with Crippen molar-refractivity contribution in [1.29, 1.82) is 0 Å². The van der Waals surface area contributed by atoms with Gasteiger partial charge in [-0.15, -0.1) is 0 Å². The van der Waals surface area contributed by atoms with Crippen LogP contribution >= 0.6 is 0 Å². The summed E-state index contributed by atoms with van der Waals surface area (Å²) in [6.07, 6.45) is 9.36. The SMILES string of the molecule is c1cc(CNC2CCc3[nH]ncc3C2)c[nH]1. The first kappa shape index (κ1) is 9.66. The zero-order chi connectivity index (χ0) is 10.8. The van der Waals surface area contributed by atoms with Crippen molar-refractivity contribution in [3.05, 3.63) is 41.5 Å². The first-order valence-corrected chi connectivity index (χ1v) is 5.78. The first-order valence-electron chi connectivity index (χ1n) is 5.78. The molecule has 0 bridgehead atoms. The fraction of sp³-hybridized carbons (Fsp3) is 0.417. The van der Waals surface area contributed by atoms with E-state index in [4.69, 9.17) is 0 Å². The molecular formula is C12H16N4. The predicted octanol–water partition coefficient (Wildman–Crippen LogP) is 1.38. The van der Waals surface area contributed by atoms with E-state index in [0.29, 0.717) is 6.04 Å². The standard InChI is InChI=1S/C12H16N4/c1-2-12-10(8-15-16-12)5-11(1)14-7-9-3-4-13-6-9/h3-4,6,8,11,13-14H,1-2,5,7H2,(H,15,16). The molecule has 4 heteroatoms. The molecule has 0 saturated heterocycles. The summed E-state index contributed by atoms with van der Waals surface area (Å²) in [5.41, 5.74) is 4.01. The van der Waals surface area contributed by atoms with Crippen molar-refractivity contribution in [2.45, 2.75) is 31.8 Å². The monoisotopic (exact) mass is 216 g/mol. The van der Waals surface area contributed by atoms with Crippen LogP contribution in [0.15, 0.2) is 24.7 Å². The molecule has 2 aromatic heterocycles. The van der Waals surface area contributed by atoms with Crippen LogP contribution in [0.2, 0.25) is 0 Å². The van der Waals surface area contributed by atoms with Crippen molar-refractivity contribution < 1.29 is 0 Å². The maximum absolute atomic E-state index is 4.09. The van der Waals surface area contributed by atoms with E-state index in [1.165, 1.54) is 23.2 Å². The van der Waals surface area contributed by atoms with Gasteiger partial charge in [-0.3, -0.25) is 5.10 Å². The van der Waals surface area contributed by atoms with Crippen molar-refractivity contribution >= 4 is 0 Å². The van der Waals surface area contributed by atoms with Crippen LogP contribution in [0.4, 0.5) is 0 Å². The summed E-state index contributed by atoms with van der Waals surface area (Å²) in [6, 6.07) is 2.69. The number of rotatable bonds is 3. The Morgan fingerprint density at radius 1 is 1.50 bits per heavy atom. The molecule has 2 aromatic rings. The minimum Gasteiger partial charge on any atom is -0.367 e. The minimum absolute atomic E-state index is 0.583. The van der Waals surface area contributed by atoms with Crippen LogP contribution < -0.4 is 5.32 Å². The predicted molar refractivity (Wildman–Crippen MR) is 62.0 cm³/mol. The molecule has 16 heavy (non-hydrogen) atoms. The van der Waals surface area contributed by atoms with Gasteiger partial charge in [-0.1, -0.05) is 0 Å². The Morgan fingerprint density at radius 2 is 2.50 bits per heavy atom. The molecule has 84 valence electrons. The summed E-state index contributed by atoms with van der Waals surface area (Å²) in [4.78, 5) is 3.07. The number of H-pyrrole nitrogens is 2. The average Bonchev–Trinajstić information content (AvgIpc) is 2.97. The molecule has 2 heterocycles. The van der Waals surface area contributed by atoms with Crippen LogP contribution in [0.25, 0.3) is 0 Å². The van der Waals surface area contributed by atoms with Crippen molar-refractivity contribution in [1.82, 2.24) is 20.5 Å². The molecule has 3 N–H and O–H groups in total. The van der Waals surface area contributed by atoms with E-state index >= 15 is 0 Å². The molecule has 0 radical (unpaired) electrons. The summed E-state index contributed by atoms with van der Waals surface area (Å²) >= 11 is 0. The average molecular weight is 216 g/mol. The summed E-state index contributed by atoms with van der Waals surface area (Å²) < 4.78 is 0. The molecule has 0 spiro atoms. The van der Waals surface area contributed by atoms with Gasteiger partial charge in [0.1, 0.15) is 0 Å². The molecule has 3 rings (SSSR count). The highest BCUT2D eigenvalue weighted by atomic mass is 15.1. The Bertz CT molecular complexity index is 443. The van der Waals surface area contributed by atoms with Crippen molar-refractivity contribution in [2.75, 3.05) is 0 Å². The highest BCUT2D eigenvalue weighted by molar-refractivity contribution is 5.21. The fourth-order valence-electron chi connectivity index (χ4n) is 2.32. The molecule has 1 unspecified atom stereocenters. The number of hydrogen-bond donors (Lipinski definition) is 3. The molecule has 1 aliphatic rings. The number of aromatic amines is 2. The number of aryl methyl sites for hydroxylation is 1. The second-order valence-corrected chi connectivity index (χ2v) is 4.41. The number of nitrogens with zero attached hydrogens (tertiary/aromatic N) is 1. The van der Waals surface area contributed by atoms with E-state index in [1.54, 1.807) is 0 Å². The maximum atomic E-state index is 4.09. The van der Waals surface area contributed by atoms with Crippen molar-refractivity contribution in [2.24, 2.45) is 0 Å². The van der Waals surface area contributed by atoms with Gasteiger partial charge in [-0.05, 0) is 36.5 Å². The molecule has 0 amide bonds. The molecule has 0 aliphatic heterocycles. The summed E-state index contributed by atoms with van der Waals surface area (Å²) in [5.74, 6) is 0. The lowest BCUT2D eigenvalue weighted by Crippen LogP contribution is -2.33. The zero-order valence-electron chi connectivity index (χ0n) is 9.16. The molecule has 1 atom stereocenters. The van der Waals surface area contributed by atoms with Gasteiger partial charge in [0.25, 0.3) is 0 Å².